The molecule has 1 aliphatic heterocycles. The molecule has 3 atom stereocenters. The molecule has 5 rings (SSSR count). The molecule has 176 valence electrons. The summed E-state index contributed by atoms with van der Waals surface area (Å²) in [5, 5.41) is 38.2. The Hall–Kier alpha value is -2.54. The van der Waals surface area contributed by atoms with E-state index >= 15 is 0 Å². The molecule has 2 heterocycles. The molecule has 5 N–H and O–H groups in total. The molecule has 0 amide bonds. The molecule has 2 bridgehead atoms. The summed E-state index contributed by atoms with van der Waals surface area (Å²) < 4.78 is 0. The molecular weight excluding hydrogens is 414 g/mol. The maximum Gasteiger partial charge on any atom is 0.161 e. The number of phenols is 2. The molecule has 33 heavy (non-hydrogen) atoms. The smallest absolute Gasteiger partial charge is 0.161 e. The number of piperidine rings is 1. The van der Waals surface area contributed by atoms with Crippen LogP contribution in [0.25, 0.3) is 10.9 Å². The van der Waals surface area contributed by atoms with Crippen LogP contribution in [-0.4, -0.2) is 63.5 Å². The molecule has 1 aliphatic carbocycles. The number of aromatic nitrogens is 1. The summed E-state index contributed by atoms with van der Waals surface area (Å²) in [6, 6.07) is 11.7. The van der Waals surface area contributed by atoms with E-state index in [9.17, 15) is 15.3 Å². The van der Waals surface area contributed by atoms with Crippen molar-refractivity contribution in [3.8, 4) is 11.5 Å². The van der Waals surface area contributed by atoms with Crippen molar-refractivity contribution in [2.45, 2.75) is 56.6 Å². The van der Waals surface area contributed by atoms with Crippen LogP contribution in [0, 0.1) is 6.92 Å². The number of benzene rings is 2. The molecule has 1 aromatic heterocycles. The minimum absolute atomic E-state index is 0.0516. The van der Waals surface area contributed by atoms with Crippen molar-refractivity contribution in [1.29, 1.82) is 0 Å². The van der Waals surface area contributed by atoms with E-state index in [0.717, 1.165) is 48.4 Å². The van der Waals surface area contributed by atoms with Gasteiger partial charge in [0.15, 0.2) is 11.5 Å². The van der Waals surface area contributed by atoms with E-state index in [0.29, 0.717) is 19.3 Å². The Morgan fingerprint density at radius 2 is 1.97 bits per heavy atom. The largest absolute Gasteiger partial charge is 0.504 e. The zero-order valence-electron chi connectivity index (χ0n) is 19.8. The van der Waals surface area contributed by atoms with Crippen molar-refractivity contribution in [2.75, 3.05) is 26.7 Å². The summed E-state index contributed by atoms with van der Waals surface area (Å²) in [5.74, 6) is -0.198. The van der Waals surface area contributed by atoms with Gasteiger partial charge in [0, 0.05) is 40.0 Å². The van der Waals surface area contributed by atoms with Gasteiger partial charge in [-0.2, -0.15) is 0 Å². The molecule has 3 unspecified atom stereocenters. The minimum Gasteiger partial charge on any atom is -0.504 e. The van der Waals surface area contributed by atoms with E-state index < -0.39 is 11.0 Å². The third-order valence-corrected chi connectivity index (χ3v) is 8.44. The van der Waals surface area contributed by atoms with E-state index in [1.807, 2.05) is 32.2 Å². The van der Waals surface area contributed by atoms with Gasteiger partial charge in [-0.15, -0.1) is 0 Å². The first-order valence-electron chi connectivity index (χ1n) is 12.0. The summed E-state index contributed by atoms with van der Waals surface area (Å²) >= 11 is 0. The molecule has 2 aliphatic rings. The molecule has 6 nitrogen and oxygen atoms in total. The number of para-hydroxylation sites is 1. The molecule has 0 radical (unpaired) electrons. The molecular formula is C27H35N3O3. The molecule has 1 saturated heterocycles. The maximum atomic E-state index is 12.3. The van der Waals surface area contributed by atoms with Gasteiger partial charge in [0.05, 0.1) is 5.60 Å². The highest BCUT2D eigenvalue weighted by Crippen LogP contribution is 2.57. The number of phenolic OH excluding ortho intramolecular Hbond substituents is 2. The summed E-state index contributed by atoms with van der Waals surface area (Å²) in [4.78, 5) is 6.00. The van der Waals surface area contributed by atoms with Gasteiger partial charge in [-0.25, -0.2) is 0 Å². The van der Waals surface area contributed by atoms with Crippen molar-refractivity contribution in [1.82, 2.24) is 15.2 Å². The standard InChI is InChI=1S/C27H35N3O3/c1-17-19-7-4-5-8-20(19)29-21(17)16-27-11-14-30(13-6-12-28-3)23(26(27,2)33)15-18-9-10-22(31)25(32)24(18)27/h4-5,7-10,23,28-29,31-33H,6,11-16H2,1-3H3. The SMILES string of the molecule is CNCCCN1CCC2(Cc3[nH]c4ccccc4c3C)c3c(ccc(O)c3O)CC1C2(C)O. The van der Waals surface area contributed by atoms with Crippen molar-refractivity contribution in [2.24, 2.45) is 0 Å². The van der Waals surface area contributed by atoms with Crippen LogP contribution in [0.1, 0.15) is 42.1 Å². The van der Waals surface area contributed by atoms with Crippen LogP contribution in [0.5, 0.6) is 11.5 Å². The quantitative estimate of drug-likeness (QED) is 0.294. The molecule has 6 heteroatoms. The first-order chi connectivity index (χ1) is 15.8. The maximum absolute atomic E-state index is 12.3. The van der Waals surface area contributed by atoms with Crippen LogP contribution in [0.3, 0.4) is 0 Å². The number of fused-ring (bicyclic) bond motifs is 5. The van der Waals surface area contributed by atoms with E-state index in [4.69, 9.17) is 0 Å². The predicted octanol–water partition coefficient (Wildman–Crippen LogP) is 3.36. The molecule has 1 fully saturated rings. The molecule has 0 saturated carbocycles. The highest BCUT2D eigenvalue weighted by molar-refractivity contribution is 5.84. The lowest BCUT2D eigenvalue weighted by Gasteiger charge is -2.60. The third-order valence-electron chi connectivity index (χ3n) is 8.44. The monoisotopic (exact) mass is 449 g/mol. The fourth-order valence-corrected chi connectivity index (χ4v) is 6.56. The Bertz CT molecular complexity index is 1180. The van der Waals surface area contributed by atoms with E-state index in [-0.39, 0.29) is 17.5 Å². The number of hydrogen-bond donors (Lipinski definition) is 5. The molecule has 2 aromatic carbocycles. The topological polar surface area (TPSA) is 91.8 Å². The molecule has 0 spiro atoms. The fourth-order valence-electron chi connectivity index (χ4n) is 6.56. The summed E-state index contributed by atoms with van der Waals surface area (Å²) in [7, 11) is 1.96. The summed E-state index contributed by atoms with van der Waals surface area (Å²) in [6.45, 7) is 6.76. The second-order valence-electron chi connectivity index (χ2n) is 10.1. The number of aromatic hydroxyl groups is 2. The van der Waals surface area contributed by atoms with Gasteiger partial charge in [0.25, 0.3) is 0 Å². The van der Waals surface area contributed by atoms with Gasteiger partial charge < -0.3 is 25.6 Å². The third kappa shape index (κ3) is 3.27. The van der Waals surface area contributed by atoms with Gasteiger partial charge in [0.1, 0.15) is 0 Å². The lowest BCUT2D eigenvalue weighted by atomic mass is 9.53. The number of nitrogens with zero attached hydrogens (tertiary/aromatic N) is 1. The average molecular weight is 450 g/mol. The number of rotatable bonds is 6. The van der Waals surface area contributed by atoms with E-state index in [2.05, 4.69) is 34.3 Å². The van der Waals surface area contributed by atoms with E-state index in [1.165, 1.54) is 10.9 Å². The number of aryl methyl sites for hydroxylation is 1. The number of likely N-dealkylation sites (tertiary alicyclic amines) is 1. The lowest BCUT2D eigenvalue weighted by molar-refractivity contribution is -0.135. The van der Waals surface area contributed by atoms with Crippen LogP contribution in [0.2, 0.25) is 0 Å². The van der Waals surface area contributed by atoms with Crippen LogP contribution in [0.15, 0.2) is 36.4 Å². The zero-order valence-corrected chi connectivity index (χ0v) is 19.8. The highest BCUT2D eigenvalue weighted by Gasteiger charge is 2.61. The second-order valence-corrected chi connectivity index (χ2v) is 10.1. The Kier molecular flexibility index (Phi) is 5.43. The van der Waals surface area contributed by atoms with Crippen molar-refractivity contribution >= 4 is 10.9 Å². The fraction of sp³-hybridized carbons (Fsp3) is 0.481. The average Bonchev–Trinajstić information content (AvgIpc) is 3.09. The Morgan fingerprint density at radius 1 is 1.18 bits per heavy atom. The Balaban J connectivity index is 1.65. The number of aromatic amines is 1. The van der Waals surface area contributed by atoms with Crippen LogP contribution in [0.4, 0.5) is 0 Å². The first kappa shape index (κ1) is 22.3. The highest BCUT2D eigenvalue weighted by atomic mass is 16.3. The van der Waals surface area contributed by atoms with Crippen LogP contribution < -0.4 is 5.32 Å². The molecule has 3 aromatic rings. The number of hydrogen-bond acceptors (Lipinski definition) is 5. The lowest BCUT2D eigenvalue weighted by Crippen LogP contribution is -2.71. The van der Waals surface area contributed by atoms with Gasteiger partial charge in [-0.3, -0.25) is 4.90 Å². The van der Waals surface area contributed by atoms with Gasteiger partial charge >= 0.3 is 0 Å². The summed E-state index contributed by atoms with van der Waals surface area (Å²) in [6.07, 6.45) is 2.95. The predicted molar refractivity (Wildman–Crippen MR) is 131 cm³/mol. The van der Waals surface area contributed by atoms with Crippen molar-refractivity contribution in [3.63, 3.8) is 0 Å². The Labute approximate surface area is 195 Å². The normalized spacial score (nSPS) is 27.1. The number of aliphatic hydroxyl groups is 1. The Morgan fingerprint density at radius 3 is 2.73 bits per heavy atom. The zero-order chi connectivity index (χ0) is 23.4. The van der Waals surface area contributed by atoms with Crippen LogP contribution >= 0.6 is 0 Å². The van der Waals surface area contributed by atoms with Gasteiger partial charge in [-0.1, -0.05) is 24.3 Å². The van der Waals surface area contributed by atoms with Gasteiger partial charge in [0.2, 0.25) is 0 Å². The van der Waals surface area contributed by atoms with Crippen LogP contribution in [-0.2, 0) is 18.3 Å². The summed E-state index contributed by atoms with van der Waals surface area (Å²) in [5.41, 5.74) is 3.29. The van der Waals surface area contributed by atoms with Gasteiger partial charge in [-0.05, 0) is 83.1 Å². The number of nitrogens with one attached hydrogen (secondary N) is 2. The van der Waals surface area contributed by atoms with Crippen molar-refractivity contribution < 1.29 is 15.3 Å². The number of H-pyrrole nitrogens is 1. The first-order valence-corrected chi connectivity index (χ1v) is 12.0. The van der Waals surface area contributed by atoms with Crippen molar-refractivity contribution in [3.05, 3.63) is 58.8 Å². The minimum atomic E-state index is -1.08. The van der Waals surface area contributed by atoms with E-state index in [1.54, 1.807) is 6.07 Å². The second kappa shape index (κ2) is 8.05.